The molecule has 0 heterocycles. The molecule has 1 amide bonds. The van der Waals surface area contributed by atoms with Crippen LogP contribution in [0.2, 0.25) is 5.02 Å². The van der Waals surface area contributed by atoms with Crippen LogP contribution >= 0.6 is 11.6 Å². The van der Waals surface area contributed by atoms with Gasteiger partial charge in [-0.05, 0) is 24.3 Å². The maximum absolute atomic E-state index is 12.0. The average Bonchev–Trinajstić information content (AvgIpc) is 2.63. The van der Waals surface area contributed by atoms with Gasteiger partial charge >= 0.3 is 0 Å². The summed E-state index contributed by atoms with van der Waals surface area (Å²) in [5.41, 5.74) is 1.88. The van der Waals surface area contributed by atoms with E-state index in [2.05, 4.69) is 10.6 Å². The molecule has 2 rings (SSSR count). The van der Waals surface area contributed by atoms with Crippen LogP contribution in [0.5, 0.6) is 11.5 Å². The van der Waals surface area contributed by atoms with Crippen molar-refractivity contribution >= 4 is 28.9 Å². The first-order chi connectivity index (χ1) is 12.1. The van der Waals surface area contributed by atoms with Gasteiger partial charge in [0.1, 0.15) is 11.5 Å². The quantitative estimate of drug-likeness (QED) is 0.788. The van der Waals surface area contributed by atoms with E-state index in [1.54, 1.807) is 43.5 Å². The molecule has 25 heavy (non-hydrogen) atoms. The summed E-state index contributed by atoms with van der Waals surface area (Å²) in [5, 5.41) is 15.1. The van der Waals surface area contributed by atoms with Crippen LogP contribution in [-0.2, 0) is 4.79 Å². The number of nitrogens with one attached hydrogen (secondary N) is 2. The van der Waals surface area contributed by atoms with Crippen molar-refractivity contribution in [3.63, 3.8) is 0 Å². The zero-order chi connectivity index (χ0) is 18.2. The number of halogens is 1. The molecular weight excluding hydrogens is 342 g/mol. The predicted molar refractivity (Wildman–Crippen MR) is 97.4 cm³/mol. The summed E-state index contributed by atoms with van der Waals surface area (Å²) in [5.74, 6) is 0.947. The third-order valence-corrected chi connectivity index (χ3v) is 3.73. The lowest BCUT2D eigenvalue weighted by atomic mass is 10.2. The minimum absolute atomic E-state index is 0.142. The summed E-state index contributed by atoms with van der Waals surface area (Å²) >= 11 is 6.06. The molecule has 2 aromatic carbocycles. The Balaban J connectivity index is 1.91. The molecule has 0 radical (unpaired) electrons. The molecule has 2 aromatic rings. The normalized spacial score (nSPS) is 9.84. The predicted octanol–water partition coefficient (Wildman–Crippen LogP) is 3.67. The maximum atomic E-state index is 12.0. The Kier molecular flexibility index (Phi) is 6.49. The van der Waals surface area contributed by atoms with Gasteiger partial charge in [-0.15, -0.1) is 0 Å². The molecule has 130 valence electrons. The fourth-order valence-corrected chi connectivity index (χ4v) is 2.39. The minimum atomic E-state index is -0.142. The third-order valence-electron chi connectivity index (χ3n) is 3.44. The summed E-state index contributed by atoms with van der Waals surface area (Å²) in [7, 11) is 3.07. The van der Waals surface area contributed by atoms with Crippen molar-refractivity contribution in [2.24, 2.45) is 0 Å². The highest BCUT2D eigenvalue weighted by atomic mass is 35.5. The molecular formula is C18H18ClN3O3. The van der Waals surface area contributed by atoms with E-state index in [0.717, 1.165) is 0 Å². The molecule has 0 atom stereocenters. The highest BCUT2D eigenvalue weighted by Gasteiger charge is 2.10. The summed E-state index contributed by atoms with van der Waals surface area (Å²) in [6.45, 7) is 0.406. The first-order valence-corrected chi connectivity index (χ1v) is 7.90. The number of amides is 1. The number of hydrogen-bond donors (Lipinski definition) is 2. The van der Waals surface area contributed by atoms with Gasteiger partial charge in [0.2, 0.25) is 5.91 Å². The van der Waals surface area contributed by atoms with E-state index in [9.17, 15) is 4.79 Å². The topological polar surface area (TPSA) is 83.4 Å². The smallest absolute Gasteiger partial charge is 0.226 e. The van der Waals surface area contributed by atoms with E-state index in [-0.39, 0.29) is 12.3 Å². The van der Waals surface area contributed by atoms with Gasteiger partial charge in [-0.3, -0.25) is 4.79 Å². The summed E-state index contributed by atoms with van der Waals surface area (Å²) in [6.07, 6.45) is 0.258. The molecule has 2 N–H and O–H groups in total. The monoisotopic (exact) mass is 359 g/mol. The third kappa shape index (κ3) is 5.03. The Labute approximate surface area is 151 Å². The Bertz CT molecular complexity index is 785. The van der Waals surface area contributed by atoms with Crippen LogP contribution in [-0.4, -0.2) is 26.7 Å². The van der Waals surface area contributed by atoms with Gasteiger partial charge in [0.15, 0.2) is 0 Å². The largest absolute Gasteiger partial charge is 0.495 e. The zero-order valence-electron chi connectivity index (χ0n) is 13.9. The molecule has 0 spiro atoms. The Morgan fingerprint density at radius 2 is 1.84 bits per heavy atom. The highest BCUT2D eigenvalue weighted by Crippen LogP contribution is 2.35. The number of carbonyl (C=O) groups is 1. The average molecular weight is 360 g/mol. The molecule has 0 bridgehead atoms. The van der Waals surface area contributed by atoms with Crippen molar-refractivity contribution in [2.75, 3.05) is 31.4 Å². The van der Waals surface area contributed by atoms with Crippen molar-refractivity contribution in [1.82, 2.24) is 0 Å². The summed E-state index contributed by atoms with van der Waals surface area (Å²) in [6, 6.07) is 12.1. The second-order valence-electron chi connectivity index (χ2n) is 5.10. The number of anilines is 2. The molecule has 0 aliphatic carbocycles. The zero-order valence-corrected chi connectivity index (χ0v) is 14.7. The van der Waals surface area contributed by atoms with Gasteiger partial charge in [-0.25, -0.2) is 0 Å². The first-order valence-electron chi connectivity index (χ1n) is 7.52. The number of benzene rings is 2. The van der Waals surface area contributed by atoms with Crippen molar-refractivity contribution in [2.45, 2.75) is 6.42 Å². The fourth-order valence-electron chi connectivity index (χ4n) is 2.16. The van der Waals surface area contributed by atoms with Crippen LogP contribution < -0.4 is 20.1 Å². The molecule has 0 unspecified atom stereocenters. The van der Waals surface area contributed by atoms with Crippen LogP contribution in [0, 0.1) is 11.3 Å². The van der Waals surface area contributed by atoms with Gasteiger partial charge in [0.05, 0.1) is 36.6 Å². The Hall–Kier alpha value is -2.91. The van der Waals surface area contributed by atoms with Crippen LogP contribution in [0.15, 0.2) is 36.4 Å². The molecule has 0 aliphatic heterocycles. The number of carbonyl (C=O) groups excluding carboxylic acids is 1. The molecule has 0 saturated carbocycles. The van der Waals surface area contributed by atoms with Gasteiger partial charge in [0, 0.05) is 30.8 Å². The maximum Gasteiger partial charge on any atom is 0.226 e. The standard InChI is InChI=1S/C18H18ClN3O3/c1-24-16-10-15(17(25-2)9-14(16)19)21-8-7-18(23)22-13-5-3-12(11-20)4-6-13/h3-6,9-10,21H,7-8H2,1-2H3,(H,22,23). The number of nitriles is 1. The number of ether oxygens (including phenoxy) is 2. The van der Waals surface area contributed by atoms with Crippen molar-refractivity contribution in [3.8, 4) is 17.6 Å². The second kappa shape index (κ2) is 8.81. The number of nitrogens with zero attached hydrogens (tertiary/aromatic N) is 1. The minimum Gasteiger partial charge on any atom is -0.495 e. The van der Waals surface area contributed by atoms with E-state index >= 15 is 0 Å². The van der Waals surface area contributed by atoms with E-state index in [0.29, 0.717) is 40.0 Å². The molecule has 0 saturated heterocycles. The SMILES string of the molecule is COc1cc(NCCC(=O)Nc2ccc(C#N)cc2)c(OC)cc1Cl. The van der Waals surface area contributed by atoms with Gasteiger partial charge in [0.25, 0.3) is 0 Å². The second-order valence-corrected chi connectivity index (χ2v) is 5.51. The van der Waals surface area contributed by atoms with Gasteiger partial charge in [-0.2, -0.15) is 5.26 Å². The number of hydrogen-bond acceptors (Lipinski definition) is 5. The summed E-state index contributed by atoms with van der Waals surface area (Å²) < 4.78 is 10.5. The lowest BCUT2D eigenvalue weighted by Gasteiger charge is -2.14. The van der Waals surface area contributed by atoms with Crippen LogP contribution in [0.4, 0.5) is 11.4 Å². The van der Waals surface area contributed by atoms with E-state index in [4.69, 9.17) is 26.3 Å². The van der Waals surface area contributed by atoms with Crippen molar-refractivity contribution in [3.05, 3.63) is 47.0 Å². The van der Waals surface area contributed by atoms with Gasteiger partial charge in [-0.1, -0.05) is 11.6 Å². The van der Waals surface area contributed by atoms with Crippen molar-refractivity contribution in [1.29, 1.82) is 5.26 Å². The van der Waals surface area contributed by atoms with E-state index in [1.165, 1.54) is 7.11 Å². The fraction of sp³-hybridized carbons (Fsp3) is 0.222. The van der Waals surface area contributed by atoms with Crippen LogP contribution in [0.25, 0.3) is 0 Å². The van der Waals surface area contributed by atoms with Crippen LogP contribution in [0.1, 0.15) is 12.0 Å². The molecule has 0 aromatic heterocycles. The van der Waals surface area contributed by atoms with E-state index in [1.807, 2.05) is 6.07 Å². The van der Waals surface area contributed by atoms with Crippen molar-refractivity contribution < 1.29 is 14.3 Å². The lowest BCUT2D eigenvalue weighted by molar-refractivity contribution is -0.115. The Morgan fingerprint density at radius 3 is 2.44 bits per heavy atom. The molecule has 0 aliphatic rings. The number of rotatable bonds is 7. The first kappa shape index (κ1) is 18.4. The highest BCUT2D eigenvalue weighted by molar-refractivity contribution is 6.32. The molecule has 6 nitrogen and oxygen atoms in total. The molecule has 7 heteroatoms. The van der Waals surface area contributed by atoms with Gasteiger partial charge < -0.3 is 20.1 Å². The summed E-state index contributed by atoms with van der Waals surface area (Å²) in [4.78, 5) is 12.0. The lowest BCUT2D eigenvalue weighted by Crippen LogP contribution is -2.16. The number of methoxy groups -OCH3 is 2. The molecule has 0 fully saturated rings. The van der Waals surface area contributed by atoms with E-state index < -0.39 is 0 Å². The Morgan fingerprint density at radius 1 is 1.16 bits per heavy atom. The van der Waals surface area contributed by atoms with Crippen LogP contribution in [0.3, 0.4) is 0 Å².